The Balaban J connectivity index is 1.19. The minimum absolute atomic E-state index is 0.197. The second-order valence-electron chi connectivity index (χ2n) is 11.2. The standard InChI is InChI=1S/C31H40F3N3O3/c1-22-23(2)29(40-18-4-13-35-16-19-39-20-17-35)12-11-27(22)28-6-3-5-26-21-36(14-15-37(26)28)30(38)24-7-9-25(10-8-24)31(32,33)34/h7-12,26,28H,3-6,13-21H2,1-2H3/t26-,28?/m0/s1. The molecule has 1 amide bonds. The number of morpholine rings is 1. The fraction of sp³-hybridized carbons (Fsp3) is 0.581. The Morgan fingerprint density at radius 1 is 0.975 bits per heavy atom. The number of nitrogens with zero attached hydrogens (tertiary/aromatic N) is 3. The van der Waals surface area contributed by atoms with E-state index < -0.39 is 11.7 Å². The molecule has 2 atom stereocenters. The van der Waals surface area contributed by atoms with Gasteiger partial charge in [0.15, 0.2) is 0 Å². The zero-order valence-electron chi connectivity index (χ0n) is 23.5. The summed E-state index contributed by atoms with van der Waals surface area (Å²) in [4.78, 5) is 19.9. The molecule has 0 aromatic heterocycles. The van der Waals surface area contributed by atoms with Gasteiger partial charge in [0.1, 0.15) is 5.75 Å². The maximum Gasteiger partial charge on any atom is 0.416 e. The molecule has 3 saturated heterocycles. The molecule has 9 heteroatoms. The number of hydrogen-bond donors (Lipinski definition) is 0. The van der Waals surface area contributed by atoms with E-state index in [2.05, 4.69) is 35.8 Å². The summed E-state index contributed by atoms with van der Waals surface area (Å²) in [5, 5.41) is 0. The number of alkyl halides is 3. The van der Waals surface area contributed by atoms with Gasteiger partial charge in [-0.2, -0.15) is 13.2 Å². The molecule has 1 unspecified atom stereocenters. The van der Waals surface area contributed by atoms with E-state index in [4.69, 9.17) is 9.47 Å². The Hall–Kier alpha value is -2.62. The second-order valence-corrected chi connectivity index (χ2v) is 11.2. The van der Waals surface area contributed by atoms with Crippen molar-refractivity contribution in [1.29, 1.82) is 0 Å². The number of carbonyl (C=O) groups excluding carboxylic acids is 1. The summed E-state index contributed by atoms with van der Waals surface area (Å²) in [6.07, 6.45) is -0.264. The summed E-state index contributed by atoms with van der Waals surface area (Å²) in [7, 11) is 0. The smallest absolute Gasteiger partial charge is 0.416 e. The van der Waals surface area contributed by atoms with Crippen LogP contribution in [0.3, 0.4) is 0 Å². The molecule has 3 fully saturated rings. The Kier molecular flexibility index (Phi) is 9.02. The largest absolute Gasteiger partial charge is 0.493 e. The van der Waals surface area contributed by atoms with Crippen molar-refractivity contribution in [1.82, 2.24) is 14.7 Å². The zero-order chi connectivity index (χ0) is 28.3. The van der Waals surface area contributed by atoms with E-state index >= 15 is 0 Å². The van der Waals surface area contributed by atoms with Crippen molar-refractivity contribution in [2.24, 2.45) is 0 Å². The first-order chi connectivity index (χ1) is 19.2. The van der Waals surface area contributed by atoms with Gasteiger partial charge in [-0.15, -0.1) is 0 Å². The van der Waals surface area contributed by atoms with E-state index in [0.717, 1.165) is 83.0 Å². The van der Waals surface area contributed by atoms with Crippen LogP contribution < -0.4 is 4.74 Å². The van der Waals surface area contributed by atoms with Gasteiger partial charge in [0.2, 0.25) is 0 Å². The van der Waals surface area contributed by atoms with Crippen molar-refractivity contribution in [2.75, 3.05) is 59.1 Å². The molecule has 5 rings (SSSR count). The van der Waals surface area contributed by atoms with Crippen molar-refractivity contribution in [3.05, 3.63) is 64.2 Å². The molecule has 40 heavy (non-hydrogen) atoms. The summed E-state index contributed by atoms with van der Waals surface area (Å²) in [6, 6.07) is 9.41. The number of hydrogen-bond acceptors (Lipinski definition) is 5. The van der Waals surface area contributed by atoms with Crippen molar-refractivity contribution in [3.63, 3.8) is 0 Å². The van der Waals surface area contributed by atoms with E-state index in [0.29, 0.717) is 25.3 Å². The lowest BCUT2D eigenvalue weighted by molar-refractivity contribution is -0.137. The first-order valence-corrected chi connectivity index (χ1v) is 14.5. The molecule has 6 nitrogen and oxygen atoms in total. The maximum atomic E-state index is 13.1. The normalized spacial score (nSPS) is 22.7. The van der Waals surface area contributed by atoms with Gasteiger partial charge < -0.3 is 14.4 Å². The van der Waals surface area contributed by atoms with Crippen LogP contribution in [0.15, 0.2) is 36.4 Å². The first kappa shape index (κ1) is 28.9. The molecule has 0 saturated carbocycles. The topological polar surface area (TPSA) is 45.3 Å². The van der Waals surface area contributed by atoms with Crippen molar-refractivity contribution in [3.8, 4) is 5.75 Å². The number of rotatable bonds is 7. The molecule has 218 valence electrons. The molecule has 3 aliphatic rings. The van der Waals surface area contributed by atoms with Gasteiger partial charge in [0, 0.05) is 56.9 Å². The third-order valence-electron chi connectivity index (χ3n) is 8.81. The number of fused-ring (bicyclic) bond motifs is 1. The van der Waals surface area contributed by atoms with Crippen LogP contribution in [0.5, 0.6) is 5.75 Å². The molecule has 3 aliphatic heterocycles. The SMILES string of the molecule is Cc1c(OCCCN2CCOCC2)ccc(C2CCC[C@H]3CN(C(=O)c4ccc(C(F)(F)F)cc4)CCN23)c1C. The molecule has 3 heterocycles. The number of amides is 1. The monoisotopic (exact) mass is 559 g/mol. The van der Waals surface area contributed by atoms with E-state index in [1.165, 1.54) is 28.8 Å². The highest BCUT2D eigenvalue weighted by atomic mass is 19.4. The minimum Gasteiger partial charge on any atom is -0.493 e. The zero-order valence-corrected chi connectivity index (χ0v) is 23.5. The van der Waals surface area contributed by atoms with Gasteiger partial charge in [0.05, 0.1) is 25.4 Å². The molecule has 0 N–H and O–H groups in total. The van der Waals surface area contributed by atoms with E-state index in [-0.39, 0.29) is 18.0 Å². The maximum absolute atomic E-state index is 13.1. The predicted octanol–water partition coefficient (Wildman–Crippen LogP) is 5.47. The van der Waals surface area contributed by atoms with Gasteiger partial charge in [-0.05, 0) is 86.6 Å². The molecule has 2 aromatic carbocycles. The van der Waals surface area contributed by atoms with Crippen LogP contribution in [0.25, 0.3) is 0 Å². The minimum atomic E-state index is -4.41. The fourth-order valence-electron chi connectivity index (χ4n) is 6.38. The third kappa shape index (κ3) is 6.47. The third-order valence-corrected chi connectivity index (χ3v) is 8.81. The first-order valence-electron chi connectivity index (χ1n) is 14.5. The Morgan fingerprint density at radius 3 is 2.45 bits per heavy atom. The van der Waals surface area contributed by atoms with Crippen LogP contribution in [0.1, 0.15) is 64.3 Å². The highest BCUT2D eigenvalue weighted by Crippen LogP contribution is 2.40. The van der Waals surface area contributed by atoms with E-state index in [9.17, 15) is 18.0 Å². The fourth-order valence-corrected chi connectivity index (χ4v) is 6.38. The Morgan fingerprint density at radius 2 is 1.73 bits per heavy atom. The average molecular weight is 560 g/mol. The van der Waals surface area contributed by atoms with Crippen LogP contribution in [0.2, 0.25) is 0 Å². The van der Waals surface area contributed by atoms with E-state index in [1.807, 2.05) is 0 Å². The van der Waals surface area contributed by atoms with Gasteiger partial charge in [-0.25, -0.2) is 0 Å². The summed E-state index contributed by atoms with van der Waals surface area (Å²) < 4.78 is 50.4. The number of halogens is 3. The number of piperazine rings is 1. The molecular weight excluding hydrogens is 519 g/mol. The van der Waals surface area contributed by atoms with Crippen LogP contribution in [0.4, 0.5) is 13.2 Å². The van der Waals surface area contributed by atoms with Gasteiger partial charge in [-0.1, -0.05) is 6.07 Å². The number of ether oxygens (including phenoxy) is 2. The summed E-state index contributed by atoms with van der Waals surface area (Å²) >= 11 is 0. The van der Waals surface area contributed by atoms with Crippen LogP contribution >= 0.6 is 0 Å². The van der Waals surface area contributed by atoms with Crippen molar-refractivity contribution >= 4 is 5.91 Å². The summed E-state index contributed by atoms with van der Waals surface area (Å²) in [6.45, 7) is 11.6. The van der Waals surface area contributed by atoms with Crippen LogP contribution in [-0.2, 0) is 10.9 Å². The van der Waals surface area contributed by atoms with Gasteiger partial charge in [-0.3, -0.25) is 14.6 Å². The lowest BCUT2D eigenvalue weighted by Crippen LogP contribution is -2.57. The second kappa shape index (κ2) is 12.5. The quantitative estimate of drug-likeness (QED) is 0.421. The molecular formula is C31H40F3N3O3. The molecule has 2 aromatic rings. The predicted molar refractivity (Wildman–Crippen MR) is 148 cm³/mol. The molecule has 0 bridgehead atoms. The van der Waals surface area contributed by atoms with Gasteiger partial charge >= 0.3 is 6.18 Å². The molecule has 0 radical (unpaired) electrons. The van der Waals surface area contributed by atoms with Crippen LogP contribution in [0, 0.1) is 13.8 Å². The Bertz CT molecular complexity index is 1160. The lowest BCUT2D eigenvalue weighted by atomic mass is 9.86. The highest BCUT2D eigenvalue weighted by molar-refractivity contribution is 5.94. The van der Waals surface area contributed by atoms with Crippen molar-refractivity contribution in [2.45, 2.75) is 57.8 Å². The number of benzene rings is 2. The van der Waals surface area contributed by atoms with Gasteiger partial charge in [0.25, 0.3) is 5.91 Å². The molecule has 0 aliphatic carbocycles. The number of piperidine rings is 1. The Labute approximate surface area is 235 Å². The van der Waals surface area contributed by atoms with Crippen LogP contribution in [-0.4, -0.2) is 85.7 Å². The highest BCUT2D eigenvalue weighted by Gasteiger charge is 2.38. The van der Waals surface area contributed by atoms with Crippen molar-refractivity contribution < 1.29 is 27.4 Å². The summed E-state index contributed by atoms with van der Waals surface area (Å²) in [5.74, 6) is 0.750. The average Bonchev–Trinajstić information content (AvgIpc) is 2.96. The summed E-state index contributed by atoms with van der Waals surface area (Å²) in [5.41, 5.74) is 3.34. The number of carbonyl (C=O) groups is 1. The van der Waals surface area contributed by atoms with E-state index in [1.54, 1.807) is 4.90 Å². The lowest BCUT2D eigenvalue weighted by Gasteiger charge is -2.49. The molecule has 0 spiro atoms.